The molecular weight excluding hydrogens is 172 g/mol. The first-order valence-electron chi connectivity index (χ1n) is 6.09. The van der Waals surface area contributed by atoms with E-state index in [-0.39, 0.29) is 0 Å². The van der Waals surface area contributed by atoms with Gasteiger partial charge in [-0.3, -0.25) is 0 Å². The van der Waals surface area contributed by atoms with E-state index in [1.807, 2.05) is 13.8 Å². The normalized spacial score (nSPS) is 33.0. The third-order valence-electron chi connectivity index (χ3n) is 3.43. The predicted molar refractivity (Wildman–Crippen MR) is 62.5 cm³/mol. The standard InChI is InChI=1S/C10H20N2.C2H6/c1-8(2)12-6-9-4-11(3)5-10(9)7-12;1-2/h8-10H,4-7H2,1-3H3;1-2H3/t9-,10+;. The lowest BCUT2D eigenvalue weighted by molar-refractivity contribution is 0.235. The van der Waals surface area contributed by atoms with Crippen molar-refractivity contribution in [3.63, 3.8) is 0 Å². The molecule has 0 N–H and O–H groups in total. The minimum absolute atomic E-state index is 0.751. The minimum Gasteiger partial charge on any atom is -0.306 e. The molecule has 0 aromatic heterocycles. The molecule has 2 atom stereocenters. The average Bonchev–Trinajstić information content (AvgIpc) is 2.64. The summed E-state index contributed by atoms with van der Waals surface area (Å²) in [4.78, 5) is 5.11. The van der Waals surface area contributed by atoms with Crippen LogP contribution in [-0.2, 0) is 0 Å². The van der Waals surface area contributed by atoms with Crippen LogP contribution in [0.1, 0.15) is 27.7 Å². The molecule has 2 heteroatoms. The van der Waals surface area contributed by atoms with Gasteiger partial charge < -0.3 is 9.80 Å². The van der Waals surface area contributed by atoms with E-state index < -0.39 is 0 Å². The highest BCUT2D eigenvalue weighted by Gasteiger charge is 2.38. The molecule has 0 radical (unpaired) electrons. The fourth-order valence-electron chi connectivity index (χ4n) is 2.69. The molecular formula is C12H26N2. The Morgan fingerprint density at radius 2 is 1.36 bits per heavy atom. The van der Waals surface area contributed by atoms with Crippen LogP contribution in [0.5, 0.6) is 0 Å². The lowest BCUT2D eigenvalue weighted by Crippen LogP contribution is -2.32. The second-order valence-electron chi connectivity index (χ2n) is 4.79. The Kier molecular flexibility index (Phi) is 4.39. The molecule has 2 saturated heterocycles. The lowest BCUT2D eigenvalue weighted by Gasteiger charge is -2.22. The number of likely N-dealkylation sites (tertiary alicyclic amines) is 2. The van der Waals surface area contributed by atoms with Crippen LogP contribution in [0.3, 0.4) is 0 Å². The molecule has 0 aliphatic carbocycles. The second kappa shape index (κ2) is 5.13. The maximum atomic E-state index is 2.63. The van der Waals surface area contributed by atoms with Crippen molar-refractivity contribution < 1.29 is 0 Å². The van der Waals surface area contributed by atoms with Crippen LogP contribution in [0.4, 0.5) is 0 Å². The van der Waals surface area contributed by atoms with Crippen LogP contribution < -0.4 is 0 Å². The van der Waals surface area contributed by atoms with Gasteiger partial charge >= 0.3 is 0 Å². The van der Waals surface area contributed by atoms with Crippen molar-refractivity contribution in [2.75, 3.05) is 33.2 Å². The summed E-state index contributed by atoms with van der Waals surface area (Å²) in [5, 5.41) is 0. The molecule has 14 heavy (non-hydrogen) atoms. The number of hydrogen-bond acceptors (Lipinski definition) is 2. The van der Waals surface area contributed by atoms with Crippen molar-refractivity contribution in [2.45, 2.75) is 33.7 Å². The second-order valence-corrected chi connectivity index (χ2v) is 4.79. The highest BCUT2D eigenvalue weighted by molar-refractivity contribution is 4.92. The zero-order chi connectivity index (χ0) is 10.7. The van der Waals surface area contributed by atoms with Gasteiger partial charge in [-0.05, 0) is 32.7 Å². The van der Waals surface area contributed by atoms with Crippen molar-refractivity contribution in [2.24, 2.45) is 11.8 Å². The Bertz CT molecular complexity index is 154. The Hall–Kier alpha value is -0.0800. The molecule has 0 bridgehead atoms. The van der Waals surface area contributed by atoms with Crippen molar-refractivity contribution in [1.82, 2.24) is 9.80 Å². The lowest BCUT2D eigenvalue weighted by atomic mass is 10.0. The van der Waals surface area contributed by atoms with Gasteiger partial charge in [-0.15, -0.1) is 0 Å². The van der Waals surface area contributed by atoms with E-state index in [4.69, 9.17) is 0 Å². The Balaban J connectivity index is 0.000000461. The van der Waals surface area contributed by atoms with Crippen LogP contribution in [0, 0.1) is 11.8 Å². The van der Waals surface area contributed by atoms with Gasteiger partial charge in [0.25, 0.3) is 0 Å². The summed E-state index contributed by atoms with van der Waals surface area (Å²) in [7, 11) is 2.25. The van der Waals surface area contributed by atoms with E-state index in [1.165, 1.54) is 26.2 Å². The minimum atomic E-state index is 0.751. The van der Waals surface area contributed by atoms with Crippen LogP contribution in [0.25, 0.3) is 0 Å². The van der Waals surface area contributed by atoms with E-state index in [0.717, 1.165) is 17.9 Å². The predicted octanol–water partition coefficient (Wildman–Crippen LogP) is 1.91. The SMILES string of the molecule is CC.CC(C)N1C[C@H]2CN(C)C[C@H]2C1. The van der Waals surface area contributed by atoms with Crippen LogP contribution in [-0.4, -0.2) is 49.1 Å². The van der Waals surface area contributed by atoms with E-state index in [2.05, 4.69) is 30.7 Å². The van der Waals surface area contributed by atoms with Gasteiger partial charge in [0.1, 0.15) is 0 Å². The van der Waals surface area contributed by atoms with Gasteiger partial charge in [0, 0.05) is 32.2 Å². The van der Waals surface area contributed by atoms with Crippen LogP contribution >= 0.6 is 0 Å². The summed E-state index contributed by atoms with van der Waals surface area (Å²) in [5.74, 6) is 1.94. The van der Waals surface area contributed by atoms with Gasteiger partial charge in [0.2, 0.25) is 0 Å². The molecule has 2 rings (SSSR count). The highest BCUT2D eigenvalue weighted by atomic mass is 15.2. The third kappa shape index (κ3) is 2.48. The maximum absolute atomic E-state index is 2.63. The zero-order valence-electron chi connectivity index (χ0n) is 10.5. The number of fused-ring (bicyclic) bond motifs is 1. The number of rotatable bonds is 1. The topological polar surface area (TPSA) is 6.48 Å². The van der Waals surface area contributed by atoms with Gasteiger partial charge in [-0.2, -0.15) is 0 Å². The Morgan fingerprint density at radius 3 is 1.71 bits per heavy atom. The summed E-state index contributed by atoms with van der Waals surface area (Å²) < 4.78 is 0. The van der Waals surface area contributed by atoms with Gasteiger partial charge in [0.05, 0.1) is 0 Å². The molecule has 84 valence electrons. The first-order valence-corrected chi connectivity index (χ1v) is 6.09. The highest BCUT2D eigenvalue weighted by Crippen LogP contribution is 2.30. The molecule has 0 aromatic rings. The molecule has 0 unspecified atom stereocenters. The first kappa shape index (κ1) is 12.0. The fourth-order valence-corrected chi connectivity index (χ4v) is 2.69. The summed E-state index contributed by atoms with van der Waals surface area (Å²) in [6.07, 6.45) is 0. The van der Waals surface area contributed by atoms with E-state index >= 15 is 0 Å². The number of hydrogen-bond donors (Lipinski definition) is 0. The van der Waals surface area contributed by atoms with E-state index in [1.54, 1.807) is 0 Å². The average molecular weight is 198 g/mol. The zero-order valence-corrected chi connectivity index (χ0v) is 10.5. The Morgan fingerprint density at radius 1 is 0.929 bits per heavy atom. The first-order chi connectivity index (χ1) is 6.66. The number of nitrogens with zero attached hydrogens (tertiary/aromatic N) is 2. The fraction of sp³-hybridized carbons (Fsp3) is 1.00. The van der Waals surface area contributed by atoms with Gasteiger partial charge in [-0.1, -0.05) is 13.8 Å². The summed E-state index contributed by atoms with van der Waals surface area (Å²) in [5.41, 5.74) is 0. The van der Waals surface area contributed by atoms with Crippen molar-refractivity contribution in [1.29, 1.82) is 0 Å². The summed E-state index contributed by atoms with van der Waals surface area (Å²) >= 11 is 0. The van der Waals surface area contributed by atoms with Crippen molar-refractivity contribution >= 4 is 0 Å². The van der Waals surface area contributed by atoms with Gasteiger partial charge in [0.15, 0.2) is 0 Å². The molecule has 0 spiro atoms. The van der Waals surface area contributed by atoms with Crippen molar-refractivity contribution in [3.8, 4) is 0 Å². The summed E-state index contributed by atoms with van der Waals surface area (Å²) in [6.45, 7) is 14.0. The summed E-state index contributed by atoms with van der Waals surface area (Å²) in [6, 6.07) is 0.751. The van der Waals surface area contributed by atoms with Gasteiger partial charge in [-0.25, -0.2) is 0 Å². The molecule has 2 heterocycles. The molecule has 0 saturated carbocycles. The molecule has 0 aromatic carbocycles. The molecule has 2 fully saturated rings. The quantitative estimate of drug-likeness (QED) is 0.635. The third-order valence-corrected chi connectivity index (χ3v) is 3.43. The van der Waals surface area contributed by atoms with Crippen LogP contribution in [0.15, 0.2) is 0 Å². The van der Waals surface area contributed by atoms with Crippen molar-refractivity contribution in [3.05, 3.63) is 0 Å². The smallest absolute Gasteiger partial charge is 0.00388 e. The molecule has 2 aliphatic heterocycles. The molecule has 2 aliphatic rings. The Labute approximate surface area is 89.3 Å². The van der Waals surface area contributed by atoms with E-state index in [0.29, 0.717) is 0 Å². The van der Waals surface area contributed by atoms with E-state index in [9.17, 15) is 0 Å². The molecule has 2 nitrogen and oxygen atoms in total. The monoisotopic (exact) mass is 198 g/mol. The largest absolute Gasteiger partial charge is 0.306 e. The molecule has 0 amide bonds. The maximum Gasteiger partial charge on any atom is 0.00388 e. The van der Waals surface area contributed by atoms with Crippen LogP contribution in [0.2, 0.25) is 0 Å².